The van der Waals surface area contributed by atoms with Gasteiger partial charge in [-0.25, -0.2) is 4.39 Å². The van der Waals surface area contributed by atoms with Crippen LogP contribution in [0.25, 0.3) is 10.9 Å². The van der Waals surface area contributed by atoms with Gasteiger partial charge in [0, 0.05) is 61.9 Å². The summed E-state index contributed by atoms with van der Waals surface area (Å²) in [6.45, 7) is 8.80. The van der Waals surface area contributed by atoms with E-state index in [0.717, 1.165) is 31.9 Å². The first-order chi connectivity index (χ1) is 13.0. The molecule has 1 fully saturated rings. The number of nitrogens with one attached hydrogen (secondary N) is 1. The first kappa shape index (κ1) is 17.7. The molecule has 142 valence electrons. The highest BCUT2D eigenvalue weighted by Gasteiger charge is 2.24. The number of amides is 1. The van der Waals surface area contributed by atoms with Gasteiger partial charge in [0.2, 0.25) is 0 Å². The molecule has 4 rings (SSSR count). The molecule has 0 saturated carbocycles. The van der Waals surface area contributed by atoms with Crippen molar-refractivity contribution in [1.29, 1.82) is 0 Å². The lowest BCUT2D eigenvalue weighted by atomic mass is 10.2. The fraction of sp³-hybridized carbons (Fsp3) is 0.400. The second-order valence-electron chi connectivity index (χ2n) is 7.05. The number of aromatic nitrogens is 3. The highest BCUT2D eigenvalue weighted by molar-refractivity contribution is 5.98. The Labute approximate surface area is 157 Å². The summed E-state index contributed by atoms with van der Waals surface area (Å²) in [5, 5.41) is 4.96. The Balaban J connectivity index is 1.40. The van der Waals surface area contributed by atoms with Crippen LogP contribution in [0.1, 0.15) is 28.7 Å². The number of fused-ring (bicyclic) bond motifs is 1. The van der Waals surface area contributed by atoms with Crippen molar-refractivity contribution in [3.8, 4) is 0 Å². The number of hydrogen-bond donors (Lipinski definition) is 1. The van der Waals surface area contributed by atoms with Crippen LogP contribution in [0.4, 0.5) is 4.39 Å². The second-order valence-corrected chi connectivity index (χ2v) is 7.05. The number of benzene rings is 1. The van der Waals surface area contributed by atoms with Gasteiger partial charge in [0.05, 0.1) is 5.69 Å². The molecular weight excluding hydrogens is 345 g/mol. The Morgan fingerprint density at radius 2 is 2.04 bits per heavy atom. The minimum Gasteiger partial charge on any atom is -0.350 e. The molecule has 1 saturated heterocycles. The fourth-order valence-corrected chi connectivity index (χ4v) is 3.63. The van der Waals surface area contributed by atoms with E-state index in [2.05, 4.69) is 28.1 Å². The number of carbonyl (C=O) groups excluding carboxylic acids is 1. The molecule has 1 amide bonds. The first-order valence-electron chi connectivity index (χ1n) is 9.37. The Kier molecular flexibility index (Phi) is 4.70. The molecule has 3 aromatic rings. The predicted molar refractivity (Wildman–Crippen MR) is 102 cm³/mol. The summed E-state index contributed by atoms with van der Waals surface area (Å²) in [6.07, 6.45) is 2.10. The Bertz CT molecular complexity index is 968. The molecule has 1 aliphatic heterocycles. The van der Waals surface area contributed by atoms with Crippen molar-refractivity contribution in [2.75, 3.05) is 26.2 Å². The maximum atomic E-state index is 13.9. The molecule has 0 radical (unpaired) electrons. The van der Waals surface area contributed by atoms with E-state index in [-0.39, 0.29) is 11.7 Å². The molecule has 3 heterocycles. The number of nitrogens with zero attached hydrogens (tertiary/aromatic N) is 4. The highest BCUT2D eigenvalue weighted by atomic mass is 19.1. The number of halogens is 1. The molecule has 0 unspecified atom stereocenters. The van der Waals surface area contributed by atoms with E-state index in [0.29, 0.717) is 29.7 Å². The maximum absolute atomic E-state index is 13.9. The van der Waals surface area contributed by atoms with E-state index in [9.17, 15) is 9.18 Å². The van der Waals surface area contributed by atoms with Crippen molar-refractivity contribution in [1.82, 2.24) is 24.6 Å². The van der Waals surface area contributed by atoms with Crippen LogP contribution in [0.15, 0.2) is 30.5 Å². The minimum atomic E-state index is -0.310. The molecule has 1 aromatic carbocycles. The zero-order valence-electron chi connectivity index (χ0n) is 15.7. The van der Waals surface area contributed by atoms with Crippen LogP contribution in [0.2, 0.25) is 0 Å². The summed E-state index contributed by atoms with van der Waals surface area (Å²) in [5.41, 5.74) is 3.40. The van der Waals surface area contributed by atoms with Gasteiger partial charge in [0.15, 0.2) is 0 Å². The van der Waals surface area contributed by atoms with Crippen LogP contribution in [-0.2, 0) is 13.1 Å². The summed E-state index contributed by atoms with van der Waals surface area (Å²) in [4.78, 5) is 20.0. The third kappa shape index (κ3) is 3.47. The van der Waals surface area contributed by atoms with Gasteiger partial charge < -0.3 is 9.88 Å². The normalized spacial score (nSPS) is 15.6. The van der Waals surface area contributed by atoms with Gasteiger partial charge in [-0.2, -0.15) is 5.10 Å². The number of piperazine rings is 1. The first-order valence-corrected chi connectivity index (χ1v) is 9.37. The van der Waals surface area contributed by atoms with E-state index < -0.39 is 0 Å². The van der Waals surface area contributed by atoms with Gasteiger partial charge in [-0.05, 0) is 32.0 Å². The van der Waals surface area contributed by atoms with Crippen LogP contribution < -0.4 is 0 Å². The Hall–Kier alpha value is -2.67. The minimum absolute atomic E-state index is 0.0692. The summed E-state index contributed by atoms with van der Waals surface area (Å²) < 4.78 is 15.8. The summed E-state index contributed by atoms with van der Waals surface area (Å²) in [7, 11) is 0. The van der Waals surface area contributed by atoms with E-state index in [1.807, 2.05) is 16.5 Å². The van der Waals surface area contributed by atoms with Crippen molar-refractivity contribution >= 4 is 16.8 Å². The second kappa shape index (κ2) is 7.15. The number of carbonyl (C=O) groups is 1. The largest absolute Gasteiger partial charge is 0.350 e. The fourth-order valence-electron chi connectivity index (χ4n) is 3.63. The number of rotatable bonds is 4. The Morgan fingerprint density at radius 3 is 2.70 bits per heavy atom. The molecule has 0 atom stereocenters. The number of aromatic amines is 1. The van der Waals surface area contributed by atoms with Gasteiger partial charge in [-0.1, -0.05) is 6.07 Å². The number of aryl methyl sites for hydroxylation is 2. The summed E-state index contributed by atoms with van der Waals surface area (Å²) >= 11 is 0. The molecule has 1 N–H and O–H groups in total. The molecule has 0 spiro atoms. The molecular formula is C20H24FN5O. The van der Waals surface area contributed by atoms with Crippen molar-refractivity contribution in [3.05, 3.63) is 53.2 Å². The lowest BCUT2D eigenvalue weighted by Gasteiger charge is -2.34. The van der Waals surface area contributed by atoms with Gasteiger partial charge in [0.25, 0.3) is 5.91 Å². The third-order valence-corrected chi connectivity index (χ3v) is 5.27. The van der Waals surface area contributed by atoms with Crippen LogP contribution in [0.5, 0.6) is 0 Å². The van der Waals surface area contributed by atoms with Crippen LogP contribution >= 0.6 is 0 Å². The average Bonchev–Trinajstić information content (AvgIpc) is 3.26. The molecule has 0 bridgehead atoms. The van der Waals surface area contributed by atoms with Crippen LogP contribution in [0, 0.1) is 12.7 Å². The average molecular weight is 369 g/mol. The molecule has 1 aliphatic rings. The number of H-pyrrole nitrogens is 1. The smallest absolute Gasteiger partial charge is 0.270 e. The van der Waals surface area contributed by atoms with E-state index in [1.165, 1.54) is 11.6 Å². The maximum Gasteiger partial charge on any atom is 0.270 e. The molecule has 6 nitrogen and oxygen atoms in total. The topological polar surface area (TPSA) is 57.2 Å². The van der Waals surface area contributed by atoms with Crippen molar-refractivity contribution in [2.24, 2.45) is 0 Å². The number of hydrogen-bond acceptors (Lipinski definition) is 3. The zero-order chi connectivity index (χ0) is 19.0. The third-order valence-electron chi connectivity index (χ3n) is 5.27. The van der Waals surface area contributed by atoms with Crippen LogP contribution in [0.3, 0.4) is 0 Å². The van der Waals surface area contributed by atoms with Crippen molar-refractivity contribution < 1.29 is 9.18 Å². The lowest BCUT2D eigenvalue weighted by molar-refractivity contribution is 0.0623. The van der Waals surface area contributed by atoms with E-state index in [1.54, 1.807) is 18.2 Å². The highest BCUT2D eigenvalue weighted by Crippen LogP contribution is 2.20. The van der Waals surface area contributed by atoms with Crippen molar-refractivity contribution in [3.63, 3.8) is 0 Å². The molecule has 7 heteroatoms. The molecule has 0 aliphatic carbocycles. The summed E-state index contributed by atoms with van der Waals surface area (Å²) in [5.74, 6) is -0.379. The quantitative estimate of drug-likeness (QED) is 0.769. The Morgan fingerprint density at radius 1 is 1.26 bits per heavy atom. The van der Waals surface area contributed by atoms with Crippen molar-refractivity contribution in [2.45, 2.75) is 26.9 Å². The zero-order valence-corrected chi connectivity index (χ0v) is 15.7. The SMILES string of the molecule is CCn1cc(CN2CCN(C(=O)c3cc4c(F)cccc4[nH]3)CC2)c(C)n1. The standard InChI is InChI=1S/C20H24FN5O/c1-3-26-13-15(14(2)23-26)12-24-7-9-25(10-8-24)20(27)19-11-16-17(21)5-4-6-18(16)22-19/h4-6,11,13,22H,3,7-10,12H2,1-2H3. The van der Waals surface area contributed by atoms with Gasteiger partial charge >= 0.3 is 0 Å². The van der Waals surface area contributed by atoms with Gasteiger partial charge in [0.1, 0.15) is 11.5 Å². The lowest BCUT2D eigenvalue weighted by Crippen LogP contribution is -2.48. The van der Waals surface area contributed by atoms with E-state index in [4.69, 9.17) is 0 Å². The predicted octanol–water partition coefficient (Wildman–Crippen LogP) is 2.79. The molecule has 2 aromatic heterocycles. The summed E-state index contributed by atoms with van der Waals surface area (Å²) in [6, 6.07) is 6.45. The van der Waals surface area contributed by atoms with E-state index >= 15 is 0 Å². The van der Waals surface area contributed by atoms with Gasteiger partial charge in [-0.3, -0.25) is 14.4 Å². The molecule has 27 heavy (non-hydrogen) atoms. The van der Waals surface area contributed by atoms with Crippen LogP contribution in [-0.4, -0.2) is 56.7 Å². The monoisotopic (exact) mass is 369 g/mol. The van der Waals surface area contributed by atoms with Gasteiger partial charge in [-0.15, -0.1) is 0 Å².